The molecule has 0 radical (unpaired) electrons. The number of carboxylic acids is 1. The van der Waals surface area contributed by atoms with E-state index in [2.05, 4.69) is 36.1 Å². The van der Waals surface area contributed by atoms with E-state index in [-0.39, 0.29) is 28.8 Å². The van der Waals surface area contributed by atoms with Crippen LogP contribution >= 0.6 is 46.2 Å². The number of nitrogens with one attached hydrogen (secondary N) is 2. The van der Waals surface area contributed by atoms with Gasteiger partial charge in [0.05, 0.1) is 0 Å². The van der Waals surface area contributed by atoms with Gasteiger partial charge in [0, 0.05) is 23.0 Å². The highest BCUT2D eigenvalue weighted by atomic mass is 32.2. The Bertz CT molecular complexity index is 1440. The number of anilines is 1. The lowest BCUT2D eigenvalue weighted by Crippen LogP contribution is -2.71. The molecule has 0 aliphatic carbocycles. The third-order valence-corrected chi connectivity index (χ3v) is 9.31. The summed E-state index contributed by atoms with van der Waals surface area (Å²) < 4.78 is 5.42. The molecule has 2 aliphatic rings. The van der Waals surface area contributed by atoms with E-state index in [0.717, 1.165) is 11.3 Å². The molecule has 202 valence electrons. The number of carboxylic acid groups (broad SMARTS) is 1. The monoisotopic (exact) mass is 608 g/mol. The van der Waals surface area contributed by atoms with E-state index >= 15 is 0 Å². The quantitative estimate of drug-likeness (QED) is 0.0865. The van der Waals surface area contributed by atoms with Crippen molar-refractivity contribution in [3.63, 3.8) is 0 Å². The van der Waals surface area contributed by atoms with Gasteiger partial charge >= 0.3 is 5.97 Å². The topological polar surface area (TPSA) is 202 Å². The first-order chi connectivity index (χ1) is 19.0. The van der Waals surface area contributed by atoms with E-state index in [9.17, 15) is 24.3 Å². The van der Waals surface area contributed by atoms with Crippen LogP contribution in [0.3, 0.4) is 0 Å². The van der Waals surface area contributed by atoms with Gasteiger partial charge in [-0.15, -0.1) is 33.3 Å². The fraction of sp³-hybridized carbons (Fsp3) is 0.250. The molecule has 0 saturated carbocycles. The predicted octanol–water partition coefficient (Wildman–Crippen LogP) is 1.00. The molecule has 19 heteroatoms. The lowest BCUT2D eigenvalue weighted by Gasteiger charge is -2.49. The molecule has 15 nitrogen and oxygen atoms in total. The minimum Gasteiger partial charge on any atom is -0.477 e. The molecule has 2 atom stereocenters. The predicted molar refractivity (Wildman–Crippen MR) is 140 cm³/mol. The largest absolute Gasteiger partial charge is 0.477 e. The molecule has 3 amide bonds. The first-order valence-corrected chi connectivity index (χ1v) is 14.6. The molecular weight excluding hydrogens is 593 g/mol. The van der Waals surface area contributed by atoms with Crippen LogP contribution in [-0.4, -0.2) is 83.2 Å². The van der Waals surface area contributed by atoms with Crippen molar-refractivity contribution in [3.05, 3.63) is 45.9 Å². The zero-order valence-corrected chi connectivity index (χ0v) is 22.6. The van der Waals surface area contributed by atoms with E-state index in [4.69, 9.17) is 9.36 Å². The standard InChI is InChI=1S/C20H16N8O7S4/c29-7-21-19-23-11(6-37-19)12(27-35-3-10-1-2-34-26-10)15(30)24-13-16(31)28-14(18(32)33)9(4-36-17(13)28)5-38-20-25-22-8-39-20/h1-2,6-8,13,17H,3-5H2,(H,24,30)(H,32,33)(H,21,23,29)/t13?,17-/m1/s1. The summed E-state index contributed by atoms with van der Waals surface area (Å²) in [6.07, 6.45) is 1.79. The molecule has 3 aromatic heterocycles. The maximum atomic E-state index is 13.2. The number of hydrogen-bond acceptors (Lipinski definition) is 15. The number of aromatic nitrogens is 4. The number of rotatable bonds is 12. The molecule has 0 bridgehead atoms. The van der Waals surface area contributed by atoms with Crippen LogP contribution < -0.4 is 10.6 Å². The Kier molecular flexibility index (Phi) is 8.19. The van der Waals surface area contributed by atoms with Crippen LogP contribution in [0.4, 0.5) is 5.13 Å². The lowest BCUT2D eigenvalue weighted by atomic mass is 10.0. The third-order valence-electron chi connectivity index (χ3n) is 5.25. The number of fused-ring (bicyclic) bond motifs is 1. The molecule has 0 aromatic carbocycles. The summed E-state index contributed by atoms with van der Waals surface area (Å²) in [6.45, 7) is -0.101. The fourth-order valence-electron chi connectivity index (χ4n) is 3.56. The summed E-state index contributed by atoms with van der Waals surface area (Å²) in [7, 11) is 0. The van der Waals surface area contributed by atoms with Gasteiger partial charge in [-0.05, 0) is 5.57 Å². The highest BCUT2D eigenvalue weighted by Crippen LogP contribution is 2.41. The second kappa shape index (κ2) is 11.9. The van der Waals surface area contributed by atoms with Gasteiger partial charge in [0.25, 0.3) is 11.8 Å². The molecule has 1 unspecified atom stereocenters. The van der Waals surface area contributed by atoms with Crippen LogP contribution in [-0.2, 0) is 30.6 Å². The number of carbonyl (C=O) groups is 4. The highest BCUT2D eigenvalue weighted by Gasteiger charge is 2.54. The molecular formula is C20H16N8O7S4. The van der Waals surface area contributed by atoms with Gasteiger partial charge in [0.1, 0.15) is 40.3 Å². The molecule has 3 N–H and O–H groups in total. The highest BCUT2D eigenvalue weighted by molar-refractivity contribution is 8.01. The second-order valence-corrected chi connectivity index (χ2v) is 11.6. The molecule has 5 rings (SSSR count). The van der Waals surface area contributed by atoms with Gasteiger partial charge in [0.2, 0.25) is 6.41 Å². The lowest BCUT2D eigenvalue weighted by molar-refractivity contribution is -0.150. The van der Waals surface area contributed by atoms with Crippen molar-refractivity contribution >= 4 is 81.2 Å². The third kappa shape index (κ3) is 5.79. The van der Waals surface area contributed by atoms with E-state index in [1.165, 1.54) is 51.4 Å². The average molecular weight is 609 g/mol. The van der Waals surface area contributed by atoms with Gasteiger partial charge in [-0.1, -0.05) is 33.4 Å². The van der Waals surface area contributed by atoms with Crippen molar-refractivity contribution < 1.29 is 33.6 Å². The van der Waals surface area contributed by atoms with Crippen molar-refractivity contribution in [2.45, 2.75) is 22.4 Å². The van der Waals surface area contributed by atoms with E-state index < -0.39 is 29.2 Å². The van der Waals surface area contributed by atoms with Crippen LogP contribution in [0.25, 0.3) is 0 Å². The molecule has 5 heterocycles. The number of thiazole rings is 1. The second-order valence-electron chi connectivity index (χ2n) is 7.62. The molecule has 3 aromatic rings. The number of carbonyl (C=O) groups excluding carboxylic acids is 3. The SMILES string of the molecule is O=CNc1nc(C(=NOCc2ccon2)C(=O)NC2C(=O)N3C(C(=O)O)=C(CSc4nncs4)CS[C@H]23)cs1. The molecule has 39 heavy (non-hydrogen) atoms. The number of amides is 3. The Morgan fingerprint density at radius 2 is 2.26 bits per heavy atom. The summed E-state index contributed by atoms with van der Waals surface area (Å²) in [5.41, 5.74) is 2.34. The summed E-state index contributed by atoms with van der Waals surface area (Å²) in [5.74, 6) is -1.88. The Hall–Kier alpha value is -3.81. The molecule has 1 fully saturated rings. The maximum Gasteiger partial charge on any atom is 0.352 e. The zero-order valence-electron chi connectivity index (χ0n) is 19.4. The number of hydrogen-bond donors (Lipinski definition) is 3. The van der Waals surface area contributed by atoms with Crippen molar-refractivity contribution in [1.29, 1.82) is 0 Å². The van der Waals surface area contributed by atoms with Crippen LogP contribution in [0.15, 0.2) is 48.5 Å². The number of β-lactam (4-membered cyclic amide) rings is 1. The molecule has 2 aliphatic heterocycles. The Balaban J connectivity index is 1.31. The van der Waals surface area contributed by atoms with Crippen molar-refractivity contribution in [3.8, 4) is 0 Å². The number of aliphatic carboxylic acids is 1. The Morgan fingerprint density at radius 1 is 1.38 bits per heavy atom. The maximum absolute atomic E-state index is 13.2. The minimum absolute atomic E-state index is 0.0971. The Morgan fingerprint density at radius 3 is 2.97 bits per heavy atom. The summed E-state index contributed by atoms with van der Waals surface area (Å²) in [4.78, 5) is 59.7. The normalized spacial score (nSPS) is 18.8. The van der Waals surface area contributed by atoms with E-state index in [1.807, 2.05) is 0 Å². The fourth-order valence-corrected chi connectivity index (χ4v) is 7.19. The average Bonchev–Trinajstić information content (AvgIpc) is 3.72. The van der Waals surface area contributed by atoms with Gasteiger partial charge in [-0.2, -0.15) is 0 Å². The van der Waals surface area contributed by atoms with Crippen LogP contribution in [0.1, 0.15) is 11.4 Å². The van der Waals surface area contributed by atoms with E-state index in [1.54, 1.807) is 11.6 Å². The summed E-state index contributed by atoms with van der Waals surface area (Å²) >= 11 is 5.07. The van der Waals surface area contributed by atoms with Crippen molar-refractivity contribution in [1.82, 2.24) is 30.6 Å². The first-order valence-electron chi connectivity index (χ1n) is 10.8. The number of oxime groups is 1. The van der Waals surface area contributed by atoms with Crippen molar-refractivity contribution in [2.75, 3.05) is 16.8 Å². The number of thioether (sulfide) groups is 2. The van der Waals surface area contributed by atoms with Gasteiger partial charge in [-0.25, -0.2) is 9.78 Å². The zero-order chi connectivity index (χ0) is 27.4. The number of nitrogens with zero attached hydrogens (tertiary/aromatic N) is 6. The van der Waals surface area contributed by atoms with Gasteiger partial charge in [0.15, 0.2) is 21.8 Å². The van der Waals surface area contributed by atoms with Crippen LogP contribution in [0.2, 0.25) is 0 Å². The van der Waals surface area contributed by atoms with Crippen LogP contribution in [0, 0.1) is 0 Å². The van der Waals surface area contributed by atoms with Crippen molar-refractivity contribution in [2.24, 2.45) is 5.16 Å². The van der Waals surface area contributed by atoms with Gasteiger partial charge < -0.3 is 25.1 Å². The summed E-state index contributed by atoms with van der Waals surface area (Å²) in [5, 5.41) is 31.2. The first kappa shape index (κ1) is 26.8. The Labute approximate surface area is 235 Å². The smallest absolute Gasteiger partial charge is 0.352 e. The minimum atomic E-state index is -1.23. The molecule has 1 saturated heterocycles. The molecule has 0 spiro atoms. The van der Waals surface area contributed by atoms with E-state index in [0.29, 0.717) is 33.5 Å². The van der Waals surface area contributed by atoms with Gasteiger partial charge in [-0.3, -0.25) is 19.3 Å². The summed E-state index contributed by atoms with van der Waals surface area (Å²) in [6, 6.07) is 0.557. The van der Waals surface area contributed by atoms with Crippen LogP contribution in [0.5, 0.6) is 0 Å².